The maximum absolute atomic E-state index is 13.6. The minimum Gasteiger partial charge on any atom is -0.508 e. The number of ketones is 1. The zero-order valence-corrected chi connectivity index (χ0v) is 15.1. The molecule has 1 aliphatic heterocycles. The van der Waals surface area contributed by atoms with Gasteiger partial charge in [0.25, 0.3) is 11.7 Å². The predicted molar refractivity (Wildman–Crippen MR) is 98.5 cm³/mol. The smallest absolute Gasteiger partial charge is 0.295 e. The fraction of sp³-hybridized carbons (Fsp3) is 0.238. The Bertz CT molecular complexity index is 951. The molecule has 1 amide bonds. The Hall–Kier alpha value is -3.15. The van der Waals surface area contributed by atoms with Crippen molar-refractivity contribution in [3.63, 3.8) is 0 Å². The number of carbonyl (C=O) groups is 2. The van der Waals surface area contributed by atoms with Gasteiger partial charge in [0, 0.05) is 12.1 Å². The number of amides is 1. The lowest BCUT2D eigenvalue weighted by atomic mass is 9.94. The third-order valence-corrected chi connectivity index (χ3v) is 4.62. The number of aliphatic hydroxyl groups excluding tert-OH is 1. The molecule has 0 saturated carbocycles. The van der Waals surface area contributed by atoms with Crippen molar-refractivity contribution in [1.29, 1.82) is 0 Å². The number of aromatic hydroxyl groups is 1. The van der Waals surface area contributed by atoms with E-state index in [1.54, 1.807) is 19.1 Å². The van der Waals surface area contributed by atoms with E-state index in [-0.39, 0.29) is 22.6 Å². The number of Topliss-reactive ketones (excluding diaryl/α,β-unsaturated/α-hetero) is 1. The Morgan fingerprint density at radius 3 is 2.56 bits per heavy atom. The minimum atomic E-state index is -0.817. The normalized spacial score (nSPS) is 18.9. The monoisotopic (exact) mass is 369 g/mol. The molecule has 27 heavy (non-hydrogen) atoms. The number of halogens is 1. The van der Waals surface area contributed by atoms with Crippen LogP contribution in [0.5, 0.6) is 5.75 Å². The predicted octanol–water partition coefficient (Wildman–Crippen LogP) is 3.67. The van der Waals surface area contributed by atoms with Crippen LogP contribution in [0.3, 0.4) is 0 Å². The third-order valence-electron chi connectivity index (χ3n) is 4.62. The van der Waals surface area contributed by atoms with E-state index in [0.717, 1.165) is 0 Å². The van der Waals surface area contributed by atoms with Gasteiger partial charge in [-0.15, -0.1) is 0 Å². The lowest BCUT2D eigenvalue weighted by Crippen LogP contribution is -2.30. The largest absolute Gasteiger partial charge is 0.508 e. The van der Waals surface area contributed by atoms with E-state index < -0.39 is 23.5 Å². The summed E-state index contributed by atoms with van der Waals surface area (Å²) >= 11 is 0. The van der Waals surface area contributed by atoms with E-state index in [9.17, 15) is 24.2 Å². The van der Waals surface area contributed by atoms with E-state index in [4.69, 9.17) is 0 Å². The van der Waals surface area contributed by atoms with Gasteiger partial charge in [-0.25, -0.2) is 4.39 Å². The van der Waals surface area contributed by atoms with Crippen LogP contribution in [0.2, 0.25) is 0 Å². The molecule has 1 atom stereocenters. The summed E-state index contributed by atoms with van der Waals surface area (Å²) in [5.41, 5.74) is 1.03. The summed E-state index contributed by atoms with van der Waals surface area (Å²) < 4.78 is 13.6. The van der Waals surface area contributed by atoms with Gasteiger partial charge >= 0.3 is 0 Å². The molecule has 140 valence electrons. The average molecular weight is 369 g/mol. The van der Waals surface area contributed by atoms with Crippen molar-refractivity contribution in [2.24, 2.45) is 0 Å². The molecular formula is C21H20FNO4. The van der Waals surface area contributed by atoms with E-state index in [1.807, 2.05) is 6.92 Å². The van der Waals surface area contributed by atoms with Gasteiger partial charge in [0.2, 0.25) is 0 Å². The minimum absolute atomic E-state index is 0.00721. The molecule has 0 bridgehead atoms. The highest BCUT2D eigenvalue weighted by Gasteiger charge is 2.45. The molecule has 1 saturated heterocycles. The lowest BCUT2D eigenvalue weighted by Gasteiger charge is -2.25. The van der Waals surface area contributed by atoms with Gasteiger partial charge in [-0.3, -0.25) is 9.59 Å². The maximum Gasteiger partial charge on any atom is 0.295 e. The van der Waals surface area contributed by atoms with Gasteiger partial charge in [-0.1, -0.05) is 19.1 Å². The molecule has 5 nitrogen and oxygen atoms in total. The number of phenolic OH excluding ortho intramolecular Hbond substituents is 1. The van der Waals surface area contributed by atoms with Gasteiger partial charge in [0.15, 0.2) is 0 Å². The summed E-state index contributed by atoms with van der Waals surface area (Å²) in [5, 5.41) is 20.6. The van der Waals surface area contributed by atoms with Crippen molar-refractivity contribution in [1.82, 2.24) is 4.90 Å². The summed E-state index contributed by atoms with van der Waals surface area (Å²) in [6, 6.07) is 9.42. The van der Waals surface area contributed by atoms with E-state index in [0.29, 0.717) is 24.1 Å². The molecule has 1 heterocycles. The van der Waals surface area contributed by atoms with E-state index in [1.165, 1.54) is 35.2 Å². The Morgan fingerprint density at radius 2 is 1.93 bits per heavy atom. The second-order valence-corrected chi connectivity index (χ2v) is 6.55. The molecule has 1 aliphatic rings. The number of aryl methyl sites for hydroxylation is 1. The molecule has 0 aliphatic carbocycles. The Labute approximate surface area is 156 Å². The van der Waals surface area contributed by atoms with Crippen molar-refractivity contribution in [3.05, 3.63) is 70.5 Å². The topological polar surface area (TPSA) is 77.8 Å². The van der Waals surface area contributed by atoms with Gasteiger partial charge in [0.1, 0.15) is 17.3 Å². The Kier molecular flexibility index (Phi) is 4.99. The van der Waals surface area contributed by atoms with Crippen molar-refractivity contribution in [2.45, 2.75) is 26.3 Å². The summed E-state index contributed by atoms with van der Waals surface area (Å²) in [5.74, 6) is -2.29. The molecule has 3 rings (SSSR count). The first-order chi connectivity index (χ1) is 12.8. The SMILES string of the molecule is CCCN1C(=O)C(=O)/C(=C(\O)c2ccc(F)c(C)c2)C1c1cccc(O)c1. The summed E-state index contributed by atoms with van der Waals surface area (Å²) in [6.45, 7) is 3.75. The van der Waals surface area contributed by atoms with Crippen LogP contribution in [-0.4, -0.2) is 33.3 Å². The number of phenols is 1. The fourth-order valence-electron chi connectivity index (χ4n) is 3.34. The first-order valence-corrected chi connectivity index (χ1v) is 8.69. The average Bonchev–Trinajstić information content (AvgIpc) is 2.89. The molecular weight excluding hydrogens is 349 g/mol. The number of aliphatic hydroxyl groups is 1. The van der Waals surface area contributed by atoms with Gasteiger partial charge in [-0.05, 0) is 54.8 Å². The maximum atomic E-state index is 13.6. The van der Waals surface area contributed by atoms with Crippen LogP contribution in [0.15, 0.2) is 48.0 Å². The highest BCUT2D eigenvalue weighted by Crippen LogP contribution is 2.40. The summed E-state index contributed by atoms with van der Waals surface area (Å²) in [6.07, 6.45) is 0.623. The van der Waals surface area contributed by atoms with Crippen LogP contribution in [0.1, 0.15) is 36.1 Å². The summed E-state index contributed by atoms with van der Waals surface area (Å²) in [7, 11) is 0. The van der Waals surface area contributed by atoms with Gasteiger partial charge in [0.05, 0.1) is 11.6 Å². The molecule has 1 fully saturated rings. The number of benzene rings is 2. The third kappa shape index (κ3) is 3.30. The molecule has 0 spiro atoms. The first-order valence-electron chi connectivity index (χ1n) is 8.69. The van der Waals surface area contributed by atoms with Crippen LogP contribution in [0.25, 0.3) is 5.76 Å². The number of rotatable bonds is 4. The number of likely N-dealkylation sites (tertiary alicyclic amines) is 1. The quantitative estimate of drug-likeness (QED) is 0.490. The number of nitrogens with zero attached hydrogens (tertiary/aromatic N) is 1. The van der Waals surface area contributed by atoms with Gasteiger partial charge < -0.3 is 15.1 Å². The highest BCUT2D eigenvalue weighted by molar-refractivity contribution is 6.46. The zero-order valence-electron chi connectivity index (χ0n) is 15.1. The Balaban J connectivity index is 2.21. The zero-order chi connectivity index (χ0) is 19.7. The van der Waals surface area contributed by atoms with Crippen molar-refractivity contribution >= 4 is 17.4 Å². The first kappa shape index (κ1) is 18.6. The fourth-order valence-corrected chi connectivity index (χ4v) is 3.34. The molecule has 6 heteroatoms. The molecule has 1 unspecified atom stereocenters. The van der Waals surface area contributed by atoms with E-state index in [2.05, 4.69) is 0 Å². The molecule has 2 aromatic carbocycles. The van der Waals surface area contributed by atoms with Crippen LogP contribution in [0.4, 0.5) is 4.39 Å². The second kappa shape index (κ2) is 7.23. The number of hydrogen-bond acceptors (Lipinski definition) is 4. The molecule has 0 aromatic heterocycles. The van der Waals surface area contributed by atoms with E-state index >= 15 is 0 Å². The van der Waals surface area contributed by atoms with Crippen LogP contribution in [0, 0.1) is 12.7 Å². The molecule has 2 aromatic rings. The second-order valence-electron chi connectivity index (χ2n) is 6.55. The Morgan fingerprint density at radius 1 is 1.19 bits per heavy atom. The number of hydrogen-bond donors (Lipinski definition) is 2. The van der Waals surface area contributed by atoms with Gasteiger partial charge in [-0.2, -0.15) is 0 Å². The number of carbonyl (C=O) groups excluding carboxylic acids is 2. The lowest BCUT2D eigenvalue weighted by molar-refractivity contribution is -0.139. The van der Waals surface area contributed by atoms with Crippen LogP contribution in [-0.2, 0) is 9.59 Å². The van der Waals surface area contributed by atoms with Crippen molar-refractivity contribution < 1.29 is 24.2 Å². The van der Waals surface area contributed by atoms with Crippen LogP contribution < -0.4 is 0 Å². The molecule has 0 radical (unpaired) electrons. The highest BCUT2D eigenvalue weighted by atomic mass is 19.1. The summed E-state index contributed by atoms with van der Waals surface area (Å²) in [4.78, 5) is 26.6. The van der Waals surface area contributed by atoms with Crippen molar-refractivity contribution in [3.8, 4) is 5.75 Å². The van der Waals surface area contributed by atoms with Crippen LogP contribution >= 0.6 is 0 Å². The molecule has 2 N–H and O–H groups in total. The standard InChI is InChI=1S/C21H20FNO4/c1-3-9-23-18(13-5-4-6-15(24)11-13)17(20(26)21(23)27)19(25)14-7-8-16(22)12(2)10-14/h4-8,10-11,18,24-25H,3,9H2,1-2H3/b19-17-. The van der Waals surface area contributed by atoms with Crippen molar-refractivity contribution in [2.75, 3.05) is 6.54 Å².